The Morgan fingerprint density at radius 1 is 1.20 bits per heavy atom. The summed E-state index contributed by atoms with van der Waals surface area (Å²) in [5.74, 6) is -1.01. The molecule has 112 valence electrons. The maximum absolute atomic E-state index is 12.2. The topological polar surface area (TPSA) is 82.1 Å². The van der Waals surface area contributed by atoms with Crippen molar-refractivity contribution in [1.29, 1.82) is 0 Å². The number of carboxylic acids is 1. The summed E-state index contributed by atoms with van der Waals surface area (Å²) in [5, 5.41) is 12.0. The van der Waals surface area contributed by atoms with Gasteiger partial charge in [0.25, 0.3) is 0 Å². The molecule has 1 atom stereocenters. The van der Waals surface area contributed by atoms with Crippen molar-refractivity contribution >= 4 is 12.0 Å². The van der Waals surface area contributed by atoms with Crippen LogP contribution in [0.15, 0.2) is 0 Å². The fourth-order valence-electron chi connectivity index (χ4n) is 2.90. The van der Waals surface area contributed by atoms with Crippen LogP contribution in [-0.2, 0) is 9.53 Å². The van der Waals surface area contributed by atoms with Crippen molar-refractivity contribution in [2.75, 3.05) is 39.4 Å². The van der Waals surface area contributed by atoms with E-state index in [0.29, 0.717) is 32.2 Å². The van der Waals surface area contributed by atoms with Gasteiger partial charge in [-0.25, -0.2) is 9.59 Å². The van der Waals surface area contributed by atoms with Crippen LogP contribution in [0.5, 0.6) is 0 Å². The number of nitrogens with zero attached hydrogens (tertiary/aromatic N) is 2. The van der Waals surface area contributed by atoms with E-state index in [0.717, 1.165) is 13.1 Å². The molecule has 1 aliphatic carbocycles. The minimum atomic E-state index is -1.25. The highest BCUT2D eigenvalue weighted by Crippen LogP contribution is 2.27. The molecule has 0 aromatic heterocycles. The molecule has 0 radical (unpaired) electrons. The van der Waals surface area contributed by atoms with Crippen LogP contribution in [0.25, 0.3) is 0 Å². The van der Waals surface area contributed by atoms with Gasteiger partial charge in [-0.1, -0.05) is 0 Å². The molecule has 2 aliphatic heterocycles. The molecule has 2 saturated heterocycles. The van der Waals surface area contributed by atoms with Crippen LogP contribution < -0.4 is 5.32 Å². The number of carbonyl (C=O) groups excluding carboxylic acids is 1. The first-order valence-corrected chi connectivity index (χ1v) is 7.23. The molecular weight excluding hydrogens is 262 g/mol. The van der Waals surface area contributed by atoms with Crippen LogP contribution in [0.1, 0.15) is 19.3 Å². The maximum Gasteiger partial charge on any atom is 0.332 e. The second kappa shape index (κ2) is 5.21. The first-order valence-electron chi connectivity index (χ1n) is 7.23. The monoisotopic (exact) mass is 283 g/mol. The summed E-state index contributed by atoms with van der Waals surface area (Å²) >= 11 is 0. The van der Waals surface area contributed by atoms with E-state index >= 15 is 0 Å². The minimum Gasteiger partial charge on any atom is -0.479 e. The Hall–Kier alpha value is -1.34. The van der Waals surface area contributed by atoms with Crippen LogP contribution in [0.4, 0.5) is 4.79 Å². The van der Waals surface area contributed by atoms with E-state index in [4.69, 9.17) is 4.74 Å². The number of nitrogens with one attached hydrogen (secondary N) is 1. The fraction of sp³-hybridized carbons (Fsp3) is 0.846. The van der Waals surface area contributed by atoms with E-state index in [1.807, 2.05) is 0 Å². The highest BCUT2D eigenvalue weighted by atomic mass is 16.5. The Bertz CT molecular complexity index is 396. The zero-order chi connectivity index (χ0) is 14.2. The highest BCUT2D eigenvalue weighted by Gasteiger charge is 2.45. The number of carboxylic acid groups (broad SMARTS) is 1. The predicted octanol–water partition coefficient (Wildman–Crippen LogP) is -0.280. The Labute approximate surface area is 117 Å². The molecule has 3 fully saturated rings. The molecule has 2 amide bonds. The van der Waals surface area contributed by atoms with Gasteiger partial charge >= 0.3 is 12.0 Å². The first-order chi connectivity index (χ1) is 9.61. The number of aliphatic carboxylic acids is 1. The lowest BCUT2D eigenvalue weighted by molar-refractivity contribution is -0.144. The average Bonchev–Trinajstić information content (AvgIpc) is 3.19. The summed E-state index contributed by atoms with van der Waals surface area (Å²) in [5.41, 5.74) is -1.25. The van der Waals surface area contributed by atoms with E-state index in [1.165, 1.54) is 12.8 Å². The molecule has 7 nitrogen and oxygen atoms in total. The van der Waals surface area contributed by atoms with Crippen LogP contribution in [-0.4, -0.2) is 77.9 Å². The summed E-state index contributed by atoms with van der Waals surface area (Å²) in [7, 11) is 0. The molecule has 2 N–H and O–H groups in total. The molecule has 1 saturated carbocycles. The molecule has 20 heavy (non-hydrogen) atoms. The van der Waals surface area contributed by atoms with Crippen molar-refractivity contribution in [1.82, 2.24) is 15.1 Å². The van der Waals surface area contributed by atoms with Crippen molar-refractivity contribution in [3.63, 3.8) is 0 Å². The predicted molar refractivity (Wildman–Crippen MR) is 70.5 cm³/mol. The van der Waals surface area contributed by atoms with Gasteiger partial charge < -0.3 is 20.1 Å². The lowest BCUT2D eigenvalue weighted by Crippen LogP contribution is -2.61. The molecule has 7 heteroatoms. The SMILES string of the molecule is O=C(NC1(C(=O)O)CCOC1)N1CCN(C2CC2)CC1. The number of ether oxygens (including phenoxy) is 1. The Morgan fingerprint density at radius 2 is 1.90 bits per heavy atom. The van der Waals surface area contributed by atoms with E-state index in [-0.39, 0.29) is 12.6 Å². The molecule has 2 heterocycles. The second-order valence-electron chi connectivity index (χ2n) is 5.87. The van der Waals surface area contributed by atoms with Crippen LogP contribution in [0.2, 0.25) is 0 Å². The van der Waals surface area contributed by atoms with Gasteiger partial charge in [-0.3, -0.25) is 4.90 Å². The summed E-state index contributed by atoms with van der Waals surface area (Å²) in [4.78, 5) is 27.7. The number of piperazine rings is 1. The normalized spacial score (nSPS) is 31.3. The standard InChI is InChI=1S/C13H21N3O4/c17-11(18)13(3-8-20-9-13)14-12(19)16-6-4-15(5-7-16)10-1-2-10/h10H,1-9H2,(H,14,19)(H,17,18). The summed E-state index contributed by atoms with van der Waals surface area (Å²) < 4.78 is 5.14. The average molecular weight is 283 g/mol. The third-order valence-corrected chi connectivity index (χ3v) is 4.44. The molecule has 0 spiro atoms. The number of rotatable bonds is 3. The van der Waals surface area contributed by atoms with Gasteiger partial charge in [-0.15, -0.1) is 0 Å². The van der Waals surface area contributed by atoms with Crippen LogP contribution >= 0.6 is 0 Å². The lowest BCUT2D eigenvalue weighted by atomic mass is 9.99. The number of hydrogen-bond acceptors (Lipinski definition) is 4. The smallest absolute Gasteiger partial charge is 0.332 e. The number of carbonyl (C=O) groups is 2. The Morgan fingerprint density at radius 3 is 2.40 bits per heavy atom. The third kappa shape index (κ3) is 2.60. The van der Waals surface area contributed by atoms with E-state index in [9.17, 15) is 14.7 Å². The van der Waals surface area contributed by atoms with Crippen molar-refractivity contribution in [3.05, 3.63) is 0 Å². The van der Waals surface area contributed by atoms with Crippen molar-refractivity contribution < 1.29 is 19.4 Å². The summed E-state index contributed by atoms with van der Waals surface area (Å²) in [6.07, 6.45) is 2.87. The maximum atomic E-state index is 12.2. The first kappa shape index (κ1) is 13.6. The Balaban J connectivity index is 1.55. The number of hydrogen-bond donors (Lipinski definition) is 2. The molecule has 0 bridgehead atoms. The van der Waals surface area contributed by atoms with Crippen molar-refractivity contribution in [2.24, 2.45) is 0 Å². The fourth-order valence-corrected chi connectivity index (χ4v) is 2.90. The molecule has 1 unspecified atom stereocenters. The van der Waals surface area contributed by atoms with Gasteiger partial charge in [0.2, 0.25) is 0 Å². The largest absolute Gasteiger partial charge is 0.479 e. The van der Waals surface area contributed by atoms with E-state index in [1.54, 1.807) is 4.90 Å². The van der Waals surface area contributed by atoms with E-state index < -0.39 is 11.5 Å². The highest BCUT2D eigenvalue weighted by molar-refractivity contribution is 5.86. The summed E-state index contributed by atoms with van der Waals surface area (Å²) in [6, 6.07) is 0.433. The van der Waals surface area contributed by atoms with Gasteiger partial charge in [0.05, 0.1) is 6.61 Å². The van der Waals surface area contributed by atoms with Crippen LogP contribution in [0.3, 0.4) is 0 Å². The van der Waals surface area contributed by atoms with Gasteiger partial charge in [0.1, 0.15) is 0 Å². The number of amides is 2. The van der Waals surface area contributed by atoms with Crippen molar-refractivity contribution in [3.8, 4) is 0 Å². The second-order valence-corrected chi connectivity index (χ2v) is 5.87. The minimum absolute atomic E-state index is 0.0517. The van der Waals surface area contributed by atoms with Gasteiger partial charge in [0, 0.05) is 45.2 Å². The third-order valence-electron chi connectivity index (χ3n) is 4.44. The van der Waals surface area contributed by atoms with Gasteiger partial charge in [-0.2, -0.15) is 0 Å². The van der Waals surface area contributed by atoms with Gasteiger partial charge in [-0.05, 0) is 12.8 Å². The lowest BCUT2D eigenvalue weighted by Gasteiger charge is -2.36. The van der Waals surface area contributed by atoms with E-state index in [2.05, 4.69) is 10.2 Å². The quantitative estimate of drug-likeness (QED) is 0.744. The number of urea groups is 1. The molecular formula is C13H21N3O4. The molecule has 3 rings (SSSR count). The molecule has 3 aliphatic rings. The zero-order valence-electron chi connectivity index (χ0n) is 11.5. The molecule has 0 aromatic carbocycles. The van der Waals surface area contributed by atoms with Crippen molar-refractivity contribution in [2.45, 2.75) is 30.8 Å². The van der Waals surface area contributed by atoms with Gasteiger partial charge in [0.15, 0.2) is 5.54 Å². The zero-order valence-corrected chi connectivity index (χ0v) is 11.5. The summed E-state index contributed by atoms with van der Waals surface area (Å²) in [6.45, 7) is 3.53. The van der Waals surface area contributed by atoms with Crippen LogP contribution in [0, 0.1) is 0 Å². The molecule has 0 aromatic rings. The Kier molecular flexibility index (Phi) is 3.55.